The summed E-state index contributed by atoms with van der Waals surface area (Å²) in [5.41, 5.74) is 2.89. The molecule has 1 fully saturated rings. The van der Waals surface area contributed by atoms with Gasteiger partial charge in [-0.3, -0.25) is 4.79 Å². The minimum Gasteiger partial charge on any atom is -0.872 e. The van der Waals surface area contributed by atoms with Crippen molar-refractivity contribution in [3.05, 3.63) is 59.0 Å². The van der Waals surface area contributed by atoms with Crippen LogP contribution in [-0.4, -0.2) is 43.8 Å². The van der Waals surface area contributed by atoms with Crippen molar-refractivity contribution in [3.63, 3.8) is 0 Å². The maximum Gasteiger partial charge on any atom is 0.231 e. The van der Waals surface area contributed by atoms with E-state index in [1.54, 1.807) is 19.3 Å². The van der Waals surface area contributed by atoms with Gasteiger partial charge in [0, 0.05) is 35.3 Å². The second kappa shape index (κ2) is 7.76. The molecular weight excluding hydrogens is 396 g/mol. The summed E-state index contributed by atoms with van der Waals surface area (Å²) in [6, 6.07) is 8.88. The number of nitrogens with one attached hydrogen (secondary N) is 1. The van der Waals surface area contributed by atoms with Gasteiger partial charge in [0.1, 0.15) is 31.1 Å². The van der Waals surface area contributed by atoms with Crippen LogP contribution in [0.15, 0.2) is 42.3 Å². The molecule has 0 spiro atoms. The first kappa shape index (κ1) is 19.7. The van der Waals surface area contributed by atoms with Crippen LogP contribution in [0.2, 0.25) is 0 Å². The Labute approximate surface area is 180 Å². The van der Waals surface area contributed by atoms with Gasteiger partial charge < -0.3 is 28.8 Å². The van der Waals surface area contributed by atoms with Crippen molar-refractivity contribution in [2.24, 2.45) is 7.05 Å². The van der Waals surface area contributed by atoms with Crippen LogP contribution in [0.1, 0.15) is 21.5 Å². The zero-order chi connectivity index (χ0) is 21.5. The topological polar surface area (TPSA) is 77.2 Å². The predicted octanol–water partition coefficient (Wildman–Crippen LogP) is 1.29. The Bertz CT molecular complexity index is 1200. The lowest BCUT2D eigenvalue weighted by Crippen LogP contribution is -3.12. The number of hydrogen-bond acceptors (Lipinski definition) is 5. The molecule has 0 saturated carbocycles. The van der Waals surface area contributed by atoms with Crippen molar-refractivity contribution in [1.29, 1.82) is 0 Å². The highest BCUT2D eigenvalue weighted by Crippen LogP contribution is 2.39. The number of allylic oxidation sites excluding steroid dienone is 1. The zero-order valence-electron chi connectivity index (χ0n) is 17.6. The largest absolute Gasteiger partial charge is 0.872 e. The molecule has 7 nitrogen and oxygen atoms in total. The maximum absolute atomic E-state index is 13.1. The number of ketones is 1. The summed E-state index contributed by atoms with van der Waals surface area (Å²) >= 11 is 0. The predicted molar refractivity (Wildman–Crippen MR) is 114 cm³/mol. The number of quaternary nitrogens is 1. The van der Waals surface area contributed by atoms with Gasteiger partial charge in [-0.25, -0.2) is 0 Å². The van der Waals surface area contributed by atoms with Crippen molar-refractivity contribution < 1.29 is 29.0 Å². The average molecular weight is 420 g/mol. The van der Waals surface area contributed by atoms with E-state index in [2.05, 4.69) is 0 Å². The van der Waals surface area contributed by atoms with E-state index in [0.717, 1.165) is 35.3 Å². The van der Waals surface area contributed by atoms with Gasteiger partial charge in [-0.05, 0) is 30.3 Å². The number of aromatic nitrogens is 1. The Morgan fingerprint density at radius 2 is 2.03 bits per heavy atom. The third-order valence-electron chi connectivity index (χ3n) is 6.04. The summed E-state index contributed by atoms with van der Waals surface area (Å²) in [6.45, 7) is 3.54. The van der Waals surface area contributed by atoms with Gasteiger partial charge in [0.15, 0.2) is 5.76 Å². The molecule has 3 heterocycles. The van der Waals surface area contributed by atoms with Gasteiger partial charge in [0.2, 0.25) is 5.78 Å². The molecule has 5 rings (SSSR count). The van der Waals surface area contributed by atoms with Crippen molar-refractivity contribution >= 4 is 22.8 Å². The van der Waals surface area contributed by atoms with Crippen molar-refractivity contribution in [1.82, 2.24) is 4.57 Å². The number of hydrogen-bond donors (Lipinski definition) is 1. The Hall–Kier alpha value is -3.29. The number of ether oxygens (including phenoxy) is 3. The van der Waals surface area contributed by atoms with E-state index < -0.39 is 0 Å². The zero-order valence-corrected chi connectivity index (χ0v) is 17.6. The first-order valence-electron chi connectivity index (χ1n) is 10.4. The molecule has 1 N–H and O–H groups in total. The molecular formula is C24H24N2O5. The molecule has 0 unspecified atom stereocenters. The molecule has 3 aromatic rings. The minimum absolute atomic E-state index is 0.0957. The van der Waals surface area contributed by atoms with Gasteiger partial charge in [-0.15, -0.1) is 0 Å². The molecule has 0 aliphatic carbocycles. The van der Waals surface area contributed by atoms with Gasteiger partial charge >= 0.3 is 0 Å². The highest BCUT2D eigenvalue weighted by atomic mass is 16.5. The van der Waals surface area contributed by atoms with Crippen LogP contribution in [0.5, 0.6) is 17.2 Å². The van der Waals surface area contributed by atoms with Crippen molar-refractivity contribution in [2.75, 3.05) is 33.4 Å². The van der Waals surface area contributed by atoms with E-state index in [4.69, 9.17) is 14.2 Å². The maximum atomic E-state index is 13.1. The summed E-state index contributed by atoms with van der Waals surface area (Å²) < 4.78 is 18.8. The Morgan fingerprint density at radius 1 is 1.23 bits per heavy atom. The summed E-state index contributed by atoms with van der Waals surface area (Å²) in [4.78, 5) is 14.3. The lowest BCUT2D eigenvalue weighted by atomic mass is 10.0. The van der Waals surface area contributed by atoms with Crippen LogP contribution in [-0.2, 0) is 18.3 Å². The highest BCUT2D eigenvalue weighted by molar-refractivity contribution is 6.15. The fourth-order valence-corrected chi connectivity index (χ4v) is 4.33. The summed E-state index contributed by atoms with van der Waals surface area (Å²) in [5, 5.41) is 13.6. The van der Waals surface area contributed by atoms with Gasteiger partial charge in [-0.2, -0.15) is 0 Å². The molecule has 1 aromatic heterocycles. The van der Waals surface area contributed by atoms with Crippen molar-refractivity contribution in [2.45, 2.75) is 6.54 Å². The number of methoxy groups -OCH3 is 1. The van der Waals surface area contributed by atoms with E-state index in [-0.39, 0.29) is 17.3 Å². The summed E-state index contributed by atoms with van der Waals surface area (Å²) in [7, 11) is 3.58. The number of carbonyl (C=O) groups is 1. The number of rotatable bonds is 4. The van der Waals surface area contributed by atoms with Crippen LogP contribution < -0.4 is 19.5 Å². The van der Waals surface area contributed by atoms with Crippen LogP contribution in [0.3, 0.4) is 0 Å². The highest BCUT2D eigenvalue weighted by Gasteiger charge is 2.31. The summed E-state index contributed by atoms with van der Waals surface area (Å²) in [5.74, 6) is 1.08. The number of Topliss-reactive ketones (excluding diaryl/α,β-unsaturated/α-hetero) is 1. The lowest BCUT2D eigenvalue weighted by Gasteiger charge is -2.26. The molecule has 2 aliphatic heterocycles. The molecule has 7 heteroatoms. The monoisotopic (exact) mass is 420 g/mol. The molecule has 0 atom stereocenters. The molecule has 0 radical (unpaired) electrons. The Balaban J connectivity index is 1.52. The van der Waals surface area contributed by atoms with E-state index in [1.165, 1.54) is 11.0 Å². The second-order valence-electron chi connectivity index (χ2n) is 7.98. The third kappa shape index (κ3) is 3.45. The first-order valence-corrected chi connectivity index (χ1v) is 10.4. The molecule has 2 aliphatic rings. The van der Waals surface area contributed by atoms with Gasteiger partial charge in [0.05, 0.1) is 25.9 Å². The minimum atomic E-state index is -0.201. The van der Waals surface area contributed by atoms with Crippen LogP contribution in [0, 0.1) is 0 Å². The molecule has 2 aromatic carbocycles. The number of aryl methyl sites for hydroxylation is 1. The van der Waals surface area contributed by atoms with Crippen LogP contribution >= 0.6 is 0 Å². The number of morpholine rings is 1. The number of nitrogens with zero attached hydrogens (tertiary/aromatic N) is 1. The van der Waals surface area contributed by atoms with Crippen LogP contribution in [0.4, 0.5) is 0 Å². The van der Waals surface area contributed by atoms with E-state index >= 15 is 0 Å². The van der Waals surface area contributed by atoms with Gasteiger partial charge in [0.25, 0.3) is 0 Å². The SMILES string of the molecule is COc1ccc2c(c1)c(C=C1Oc3c(ccc([O-])c3C[NH+]3CCOCC3)C1=O)cn2C. The van der Waals surface area contributed by atoms with Crippen molar-refractivity contribution in [3.8, 4) is 17.2 Å². The third-order valence-corrected chi connectivity index (χ3v) is 6.04. The van der Waals surface area contributed by atoms with E-state index in [0.29, 0.717) is 36.6 Å². The molecule has 160 valence electrons. The molecule has 0 bridgehead atoms. The first-order chi connectivity index (χ1) is 15.0. The fraction of sp³-hybridized carbons (Fsp3) is 0.292. The normalized spacial score (nSPS) is 17.9. The number of fused-ring (bicyclic) bond motifs is 2. The Morgan fingerprint density at radius 3 is 2.81 bits per heavy atom. The number of benzene rings is 2. The molecule has 31 heavy (non-hydrogen) atoms. The Kier molecular flexibility index (Phi) is 4.92. The smallest absolute Gasteiger partial charge is 0.231 e. The standard InChI is InChI=1S/C24H24N2O5/c1-25-13-15(18-12-16(29-2)3-5-20(18)25)11-22-23(28)17-4-6-21(27)19(24(17)31-22)14-26-7-9-30-10-8-26/h3-6,11-13,27H,7-10,14H2,1-2H3. The van der Waals surface area contributed by atoms with Crippen LogP contribution in [0.25, 0.3) is 17.0 Å². The number of carbonyl (C=O) groups excluding carboxylic acids is 1. The lowest BCUT2D eigenvalue weighted by molar-refractivity contribution is -0.921. The fourth-order valence-electron chi connectivity index (χ4n) is 4.33. The molecule has 1 saturated heterocycles. The second-order valence-corrected chi connectivity index (χ2v) is 7.98. The van der Waals surface area contributed by atoms with Gasteiger partial charge in [-0.1, -0.05) is 11.8 Å². The average Bonchev–Trinajstić information content (AvgIpc) is 3.27. The van der Waals surface area contributed by atoms with E-state index in [1.807, 2.05) is 36.0 Å². The summed E-state index contributed by atoms with van der Waals surface area (Å²) in [6.07, 6.45) is 3.70. The quantitative estimate of drug-likeness (QED) is 0.644. The molecule has 0 amide bonds. The van der Waals surface area contributed by atoms with E-state index in [9.17, 15) is 9.90 Å².